The largest absolute Gasteiger partial charge is 0.504 e. The van der Waals surface area contributed by atoms with Crippen molar-refractivity contribution in [3.8, 4) is 45.7 Å². The van der Waals surface area contributed by atoms with Gasteiger partial charge < -0.3 is 28.6 Å². The van der Waals surface area contributed by atoms with E-state index < -0.39 is 0 Å². The van der Waals surface area contributed by atoms with Crippen LogP contribution in [-0.4, -0.2) is 38.1 Å². The summed E-state index contributed by atoms with van der Waals surface area (Å²) in [5.41, 5.74) is 6.13. The molecule has 0 aliphatic heterocycles. The number of ether oxygens (including phenoxy) is 4. The van der Waals surface area contributed by atoms with Crippen LogP contribution >= 0.6 is 0 Å². The quantitative estimate of drug-likeness (QED) is 0.647. The first-order chi connectivity index (χ1) is 13.9. The Balaban J connectivity index is 2.32. The van der Waals surface area contributed by atoms with E-state index in [1.165, 1.54) is 12.7 Å². The number of aromatic hydroxyl groups is 1. The van der Waals surface area contributed by atoms with Gasteiger partial charge in [-0.15, -0.1) is 0 Å². The zero-order chi connectivity index (χ0) is 21.3. The van der Waals surface area contributed by atoms with E-state index in [2.05, 4.69) is 25.3 Å². The summed E-state index contributed by atoms with van der Waals surface area (Å²) < 4.78 is 23.8. The summed E-state index contributed by atoms with van der Waals surface area (Å²) in [6.07, 6.45) is 0. The van der Waals surface area contributed by atoms with Gasteiger partial charge in [0, 0.05) is 23.0 Å². The molecule has 0 aliphatic carbocycles. The Bertz CT molecular complexity index is 1030. The molecule has 0 unspecified atom stereocenters. The Kier molecular flexibility index (Phi) is 5.64. The maximum atomic E-state index is 10.3. The average Bonchev–Trinajstić information content (AvgIpc) is 2.96. The smallest absolute Gasteiger partial charge is 0.203 e. The molecule has 0 amide bonds. The summed E-state index contributed by atoms with van der Waals surface area (Å²) >= 11 is 0. The second-order valence-corrected chi connectivity index (χ2v) is 6.79. The molecule has 0 saturated carbocycles. The number of phenolic OH excluding ortho intramolecular Hbond substituents is 1. The highest BCUT2D eigenvalue weighted by Crippen LogP contribution is 2.44. The van der Waals surface area contributed by atoms with Crippen molar-refractivity contribution < 1.29 is 24.1 Å². The molecular weight excluding hydrogens is 370 g/mol. The van der Waals surface area contributed by atoms with Crippen molar-refractivity contribution in [3.63, 3.8) is 0 Å². The maximum absolute atomic E-state index is 10.3. The normalized spacial score (nSPS) is 10.7. The van der Waals surface area contributed by atoms with Crippen molar-refractivity contribution in [1.29, 1.82) is 0 Å². The molecule has 1 aromatic heterocycles. The summed E-state index contributed by atoms with van der Waals surface area (Å²) in [6.45, 7) is 6.23. The predicted molar refractivity (Wildman–Crippen MR) is 113 cm³/mol. The second kappa shape index (κ2) is 7.99. The number of phenols is 1. The van der Waals surface area contributed by atoms with Gasteiger partial charge in [0.1, 0.15) is 0 Å². The Morgan fingerprint density at radius 1 is 0.724 bits per heavy atom. The minimum atomic E-state index is 0.0873. The van der Waals surface area contributed by atoms with Crippen molar-refractivity contribution in [2.24, 2.45) is 0 Å². The molecule has 0 aliphatic rings. The topological polar surface area (TPSA) is 62.1 Å². The van der Waals surface area contributed by atoms with Crippen molar-refractivity contribution in [2.45, 2.75) is 20.8 Å². The highest BCUT2D eigenvalue weighted by molar-refractivity contribution is 5.75. The molecule has 3 rings (SSSR count). The number of methoxy groups -OCH3 is 4. The molecule has 6 nitrogen and oxygen atoms in total. The number of hydrogen-bond acceptors (Lipinski definition) is 5. The van der Waals surface area contributed by atoms with Gasteiger partial charge in [-0.25, -0.2) is 0 Å². The first-order valence-electron chi connectivity index (χ1n) is 9.24. The SMILES string of the molecule is COc1ccc(-n2c(C)c(C)c(C)c2-c2cc(OC)c(OC)c(OC)c2)cc1O. The molecule has 0 radical (unpaired) electrons. The van der Waals surface area contributed by atoms with E-state index in [1.807, 2.05) is 18.2 Å². The number of rotatable bonds is 6. The lowest BCUT2D eigenvalue weighted by molar-refractivity contribution is 0.324. The Hall–Kier alpha value is -3.28. The zero-order valence-corrected chi connectivity index (χ0v) is 17.9. The minimum absolute atomic E-state index is 0.0873. The molecule has 0 fully saturated rings. The van der Waals surface area contributed by atoms with Gasteiger partial charge in [-0.1, -0.05) is 0 Å². The highest BCUT2D eigenvalue weighted by Gasteiger charge is 2.22. The summed E-state index contributed by atoms with van der Waals surface area (Å²) in [7, 11) is 6.32. The molecule has 6 heteroatoms. The van der Waals surface area contributed by atoms with Crippen molar-refractivity contribution in [1.82, 2.24) is 4.57 Å². The molecule has 2 aromatic carbocycles. The lowest BCUT2D eigenvalue weighted by atomic mass is 10.0. The third-order valence-electron chi connectivity index (χ3n) is 5.38. The first kappa shape index (κ1) is 20.5. The summed E-state index contributed by atoms with van der Waals surface area (Å²) in [4.78, 5) is 0. The van der Waals surface area contributed by atoms with Crippen LogP contribution in [0.2, 0.25) is 0 Å². The number of aromatic nitrogens is 1. The van der Waals surface area contributed by atoms with E-state index in [1.54, 1.807) is 33.5 Å². The Morgan fingerprint density at radius 2 is 1.31 bits per heavy atom. The van der Waals surface area contributed by atoms with Crippen LogP contribution in [0.25, 0.3) is 16.9 Å². The van der Waals surface area contributed by atoms with Crippen LogP contribution in [0, 0.1) is 20.8 Å². The first-order valence-corrected chi connectivity index (χ1v) is 9.24. The third kappa shape index (κ3) is 3.35. The number of nitrogens with zero attached hydrogens (tertiary/aromatic N) is 1. The van der Waals surface area contributed by atoms with Gasteiger partial charge in [-0.05, 0) is 56.2 Å². The van der Waals surface area contributed by atoms with Crippen molar-refractivity contribution in [3.05, 3.63) is 47.2 Å². The molecule has 3 aromatic rings. The predicted octanol–water partition coefficient (Wildman–Crippen LogP) is 4.81. The van der Waals surface area contributed by atoms with Crippen LogP contribution in [-0.2, 0) is 0 Å². The molecule has 29 heavy (non-hydrogen) atoms. The summed E-state index contributed by atoms with van der Waals surface area (Å²) in [5, 5.41) is 10.3. The lowest BCUT2D eigenvalue weighted by Crippen LogP contribution is -2.02. The maximum Gasteiger partial charge on any atom is 0.203 e. The Morgan fingerprint density at radius 3 is 1.79 bits per heavy atom. The molecule has 1 N–H and O–H groups in total. The van der Waals surface area contributed by atoms with Crippen LogP contribution in [0.4, 0.5) is 0 Å². The zero-order valence-electron chi connectivity index (χ0n) is 17.9. The van der Waals surface area contributed by atoms with E-state index in [9.17, 15) is 5.11 Å². The van der Waals surface area contributed by atoms with Crippen LogP contribution in [0.5, 0.6) is 28.7 Å². The molecule has 0 spiro atoms. The van der Waals surface area contributed by atoms with Crippen molar-refractivity contribution in [2.75, 3.05) is 28.4 Å². The lowest BCUT2D eigenvalue weighted by Gasteiger charge is -2.17. The average molecular weight is 397 g/mol. The number of hydrogen-bond donors (Lipinski definition) is 1. The summed E-state index contributed by atoms with van der Waals surface area (Å²) in [5.74, 6) is 2.24. The molecule has 1 heterocycles. The minimum Gasteiger partial charge on any atom is -0.504 e. The van der Waals surface area contributed by atoms with E-state index >= 15 is 0 Å². The van der Waals surface area contributed by atoms with Gasteiger partial charge in [0.05, 0.1) is 34.1 Å². The monoisotopic (exact) mass is 397 g/mol. The second-order valence-electron chi connectivity index (χ2n) is 6.79. The van der Waals surface area contributed by atoms with E-state index in [-0.39, 0.29) is 5.75 Å². The molecule has 154 valence electrons. The highest BCUT2D eigenvalue weighted by atomic mass is 16.5. The van der Waals surface area contributed by atoms with Crippen LogP contribution in [0.3, 0.4) is 0 Å². The van der Waals surface area contributed by atoms with Gasteiger partial charge in [0.15, 0.2) is 23.0 Å². The van der Waals surface area contributed by atoms with Crippen LogP contribution < -0.4 is 18.9 Å². The Labute approximate surface area is 171 Å². The summed E-state index contributed by atoms with van der Waals surface area (Å²) in [6, 6.07) is 9.25. The molecular formula is C23H27NO5. The van der Waals surface area contributed by atoms with E-state index in [0.29, 0.717) is 23.0 Å². The number of benzene rings is 2. The van der Waals surface area contributed by atoms with Gasteiger partial charge in [0.25, 0.3) is 0 Å². The molecule has 0 atom stereocenters. The van der Waals surface area contributed by atoms with Gasteiger partial charge >= 0.3 is 0 Å². The van der Waals surface area contributed by atoms with Crippen molar-refractivity contribution >= 4 is 0 Å². The third-order valence-corrected chi connectivity index (χ3v) is 5.38. The van der Waals surface area contributed by atoms with E-state index in [0.717, 1.165) is 28.2 Å². The fourth-order valence-electron chi connectivity index (χ4n) is 3.66. The van der Waals surface area contributed by atoms with E-state index in [4.69, 9.17) is 18.9 Å². The van der Waals surface area contributed by atoms with Gasteiger partial charge in [-0.3, -0.25) is 0 Å². The fourth-order valence-corrected chi connectivity index (χ4v) is 3.66. The van der Waals surface area contributed by atoms with Crippen LogP contribution in [0.1, 0.15) is 16.8 Å². The standard InChI is InChI=1S/C23H27NO5/c1-13-14(2)22(16-10-20(27-5)23(29-7)21(11-16)28-6)24(15(13)3)17-8-9-19(26-4)18(25)12-17/h8-12,25H,1-7H3. The van der Waals surface area contributed by atoms with Gasteiger partial charge in [-0.2, -0.15) is 0 Å². The molecule has 0 bridgehead atoms. The fraction of sp³-hybridized carbons (Fsp3) is 0.304. The molecule has 0 saturated heterocycles. The van der Waals surface area contributed by atoms with Crippen LogP contribution in [0.15, 0.2) is 30.3 Å². The van der Waals surface area contributed by atoms with Gasteiger partial charge in [0.2, 0.25) is 5.75 Å².